The zero-order valence-electron chi connectivity index (χ0n) is 31.0. The van der Waals surface area contributed by atoms with Crippen molar-refractivity contribution < 1.29 is 8.83 Å². The summed E-state index contributed by atoms with van der Waals surface area (Å²) < 4.78 is 13.2. The van der Waals surface area contributed by atoms with Crippen molar-refractivity contribution in [2.45, 2.75) is 12.3 Å². The molecule has 0 spiro atoms. The van der Waals surface area contributed by atoms with E-state index in [9.17, 15) is 0 Å². The second-order valence-corrected chi connectivity index (χ2v) is 14.7. The SMILES string of the molecule is C1=CC(c2ccccc2)CC=C1N(c1ccc(-c2ccc(-c3ccccc3)cc2)cc1)c1cccc2oc3c4ccccc4c(-c4nc5ccccc5o4)cc3c12. The van der Waals surface area contributed by atoms with E-state index in [1.54, 1.807) is 0 Å². The van der Waals surface area contributed by atoms with Gasteiger partial charge in [-0.25, -0.2) is 4.98 Å². The minimum atomic E-state index is 0.314. The van der Waals surface area contributed by atoms with E-state index in [-0.39, 0.29) is 0 Å². The van der Waals surface area contributed by atoms with Gasteiger partial charge in [0.05, 0.1) is 11.1 Å². The van der Waals surface area contributed by atoms with E-state index in [1.165, 1.54) is 22.3 Å². The third-order valence-electron chi connectivity index (χ3n) is 11.3. The lowest BCUT2D eigenvalue weighted by molar-refractivity contribution is 0.620. The van der Waals surface area contributed by atoms with Crippen LogP contribution < -0.4 is 4.90 Å². The Bertz CT molecular complexity index is 3100. The van der Waals surface area contributed by atoms with Crippen LogP contribution in [0.5, 0.6) is 0 Å². The molecular weight excluding hydrogens is 697 g/mol. The summed E-state index contributed by atoms with van der Waals surface area (Å²) in [6.07, 6.45) is 7.88. The minimum Gasteiger partial charge on any atom is -0.455 e. The fraction of sp³-hybridized carbons (Fsp3) is 0.0377. The molecule has 57 heavy (non-hydrogen) atoms. The molecule has 2 aromatic heterocycles. The van der Waals surface area contributed by atoms with Crippen LogP contribution in [0.2, 0.25) is 0 Å². The molecule has 0 N–H and O–H groups in total. The highest BCUT2D eigenvalue weighted by Crippen LogP contribution is 2.46. The molecule has 10 aromatic rings. The van der Waals surface area contributed by atoms with Gasteiger partial charge in [-0.1, -0.05) is 152 Å². The van der Waals surface area contributed by atoms with Crippen LogP contribution in [0.15, 0.2) is 215 Å². The number of oxazole rings is 1. The maximum absolute atomic E-state index is 6.81. The van der Waals surface area contributed by atoms with E-state index >= 15 is 0 Å². The first-order valence-electron chi connectivity index (χ1n) is 19.5. The van der Waals surface area contributed by atoms with E-state index < -0.39 is 0 Å². The van der Waals surface area contributed by atoms with E-state index in [4.69, 9.17) is 13.8 Å². The molecule has 0 fully saturated rings. The quantitative estimate of drug-likeness (QED) is 0.164. The maximum Gasteiger partial charge on any atom is 0.227 e. The second-order valence-electron chi connectivity index (χ2n) is 14.7. The molecule has 2 heterocycles. The molecular formula is C53H36N2O2. The highest BCUT2D eigenvalue weighted by molar-refractivity contribution is 6.22. The summed E-state index contributed by atoms with van der Waals surface area (Å²) in [5, 5.41) is 4.10. The number of benzene rings is 8. The summed E-state index contributed by atoms with van der Waals surface area (Å²) in [6, 6.07) is 63.9. The number of rotatable bonds is 7. The van der Waals surface area contributed by atoms with Gasteiger partial charge >= 0.3 is 0 Å². The van der Waals surface area contributed by atoms with Crippen LogP contribution >= 0.6 is 0 Å². The normalized spacial score (nSPS) is 14.1. The largest absolute Gasteiger partial charge is 0.455 e. The van der Waals surface area contributed by atoms with Crippen molar-refractivity contribution >= 4 is 55.2 Å². The van der Waals surface area contributed by atoms with Crippen molar-refractivity contribution in [3.05, 3.63) is 211 Å². The zero-order valence-corrected chi connectivity index (χ0v) is 31.0. The van der Waals surface area contributed by atoms with Crippen LogP contribution in [-0.2, 0) is 0 Å². The summed E-state index contributed by atoms with van der Waals surface area (Å²) in [5.41, 5.74) is 13.5. The van der Waals surface area contributed by atoms with Crippen LogP contribution in [0.3, 0.4) is 0 Å². The molecule has 0 radical (unpaired) electrons. The van der Waals surface area contributed by atoms with Gasteiger partial charge in [0.2, 0.25) is 5.89 Å². The predicted octanol–water partition coefficient (Wildman–Crippen LogP) is 14.6. The number of fused-ring (bicyclic) bond motifs is 6. The monoisotopic (exact) mass is 732 g/mol. The molecule has 1 unspecified atom stereocenters. The number of anilines is 2. The van der Waals surface area contributed by atoms with Gasteiger partial charge in [-0.3, -0.25) is 0 Å². The molecule has 0 aliphatic heterocycles. The van der Waals surface area contributed by atoms with Crippen molar-refractivity contribution in [3.63, 3.8) is 0 Å². The second kappa shape index (κ2) is 13.7. The summed E-state index contributed by atoms with van der Waals surface area (Å²) in [6.45, 7) is 0. The molecule has 0 saturated heterocycles. The third-order valence-corrected chi connectivity index (χ3v) is 11.3. The molecule has 1 atom stereocenters. The highest BCUT2D eigenvalue weighted by Gasteiger charge is 2.24. The zero-order chi connectivity index (χ0) is 37.7. The average Bonchev–Trinajstić information content (AvgIpc) is 3.90. The lowest BCUT2D eigenvalue weighted by atomic mass is 9.91. The Labute approximate surface area is 330 Å². The first kappa shape index (κ1) is 33.0. The van der Waals surface area contributed by atoms with Crippen molar-refractivity contribution in [2.75, 3.05) is 4.90 Å². The van der Waals surface area contributed by atoms with Crippen molar-refractivity contribution in [1.29, 1.82) is 0 Å². The molecule has 0 amide bonds. The smallest absolute Gasteiger partial charge is 0.227 e. The third kappa shape index (κ3) is 5.82. The van der Waals surface area contributed by atoms with Crippen molar-refractivity contribution in [1.82, 2.24) is 4.98 Å². The van der Waals surface area contributed by atoms with E-state index in [0.29, 0.717) is 11.8 Å². The van der Waals surface area contributed by atoms with Gasteiger partial charge in [0.1, 0.15) is 16.7 Å². The van der Waals surface area contributed by atoms with Crippen LogP contribution in [0.1, 0.15) is 17.9 Å². The summed E-state index contributed by atoms with van der Waals surface area (Å²) in [4.78, 5) is 7.32. The van der Waals surface area contributed by atoms with Gasteiger partial charge in [-0.15, -0.1) is 0 Å². The topological polar surface area (TPSA) is 42.4 Å². The predicted molar refractivity (Wildman–Crippen MR) is 235 cm³/mol. The molecule has 4 heteroatoms. The molecule has 11 rings (SSSR count). The lowest BCUT2D eigenvalue weighted by Gasteiger charge is -2.30. The summed E-state index contributed by atoms with van der Waals surface area (Å²) >= 11 is 0. The van der Waals surface area contributed by atoms with Gasteiger partial charge in [-0.05, 0) is 88.2 Å². The standard InChI is InChI=1S/C53H36N2O2/c1-3-12-35(13-4-1)37-22-24-38(25-23-37)40-28-32-42(33-29-40)55(41-30-26-39(27-31-41)36-14-5-2-6-15-36)48-19-11-21-50-51(48)46-34-45(43-16-7-8-17-44(43)52(46)56-50)53-54-47-18-9-10-20-49(47)57-53/h1-26,28-34,39H,27H2. The van der Waals surface area contributed by atoms with Crippen LogP contribution in [0.4, 0.5) is 11.4 Å². The maximum atomic E-state index is 6.81. The highest BCUT2D eigenvalue weighted by atomic mass is 16.3. The van der Waals surface area contributed by atoms with Crippen molar-refractivity contribution in [3.8, 4) is 33.7 Å². The number of furan rings is 1. The van der Waals surface area contributed by atoms with Gasteiger partial charge in [0.15, 0.2) is 5.58 Å². The van der Waals surface area contributed by atoms with Crippen LogP contribution in [0, 0.1) is 0 Å². The summed E-state index contributed by atoms with van der Waals surface area (Å²) in [5.74, 6) is 0.907. The van der Waals surface area contributed by atoms with E-state index in [0.717, 1.165) is 78.4 Å². The average molecular weight is 733 g/mol. The number of para-hydroxylation sites is 2. The first-order valence-corrected chi connectivity index (χ1v) is 19.5. The molecule has 0 bridgehead atoms. The Morgan fingerprint density at radius 3 is 1.88 bits per heavy atom. The van der Waals surface area contributed by atoms with Gasteiger partial charge < -0.3 is 13.7 Å². The number of nitrogens with zero attached hydrogens (tertiary/aromatic N) is 2. The Morgan fingerprint density at radius 2 is 1.16 bits per heavy atom. The molecule has 1 aliphatic carbocycles. The Hall–Kier alpha value is -7.43. The Morgan fingerprint density at radius 1 is 0.526 bits per heavy atom. The van der Waals surface area contributed by atoms with Crippen LogP contribution in [0.25, 0.3) is 77.5 Å². The van der Waals surface area contributed by atoms with Gasteiger partial charge in [0, 0.05) is 33.6 Å². The van der Waals surface area contributed by atoms with Gasteiger partial charge in [0.25, 0.3) is 0 Å². The summed E-state index contributed by atoms with van der Waals surface area (Å²) in [7, 11) is 0. The molecule has 0 saturated carbocycles. The first-order chi connectivity index (χ1) is 28.2. The number of hydrogen-bond donors (Lipinski definition) is 0. The van der Waals surface area contributed by atoms with Crippen LogP contribution in [-0.4, -0.2) is 4.98 Å². The van der Waals surface area contributed by atoms with E-state index in [1.807, 2.05) is 24.3 Å². The fourth-order valence-corrected chi connectivity index (χ4v) is 8.42. The minimum absolute atomic E-state index is 0.314. The Kier molecular flexibility index (Phi) is 7.92. The number of aromatic nitrogens is 1. The number of allylic oxidation sites excluding steroid dienone is 3. The molecule has 1 aliphatic rings. The molecule has 270 valence electrons. The lowest BCUT2D eigenvalue weighted by Crippen LogP contribution is -2.17. The Balaban J connectivity index is 1.06. The fourth-order valence-electron chi connectivity index (χ4n) is 8.42. The number of hydrogen-bond acceptors (Lipinski definition) is 4. The van der Waals surface area contributed by atoms with E-state index in [2.05, 4.69) is 181 Å². The van der Waals surface area contributed by atoms with Gasteiger partial charge in [-0.2, -0.15) is 0 Å². The molecule has 8 aromatic carbocycles. The van der Waals surface area contributed by atoms with Crippen molar-refractivity contribution in [2.24, 2.45) is 0 Å². The molecule has 4 nitrogen and oxygen atoms in total.